The van der Waals surface area contributed by atoms with Crippen molar-refractivity contribution >= 4 is 22.8 Å². The molecule has 2 aromatic heterocycles. The number of benzene rings is 2. The minimum atomic E-state index is -0.493. The molecule has 0 unspecified atom stereocenters. The predicted molar refractivity (Wildman–Crippen MR) is 120 cm³/mol. The van der Waals surface area contributed by atoms with Crippen molar-refractivity contribution in [3.05, 3.63) is 92.1 Å². The van der Waals surface area contributed by atoms with Crippen LogP contribution in [-0.2, 0) is 13.1 Å². The Balaban J connectivity index is 1.97. The number of fused-ring (bicyclic) bond motifs is 1. The first-order chi connectivity index (χ1) is 14.9. The Labute approximate surface area is 183 Å². The Morgan fingerprint density at radius 1 is 1.06 bits per heavy atom. The number of halogens is 2. The summed E-state index contributed by atoms with van der Waals surface area (Å²) in [6.45, 7) is 4.68. The van der Waals surface area contributed by atoms with E-state index in [0.29, 0.717) is 35.1 Å². The fourth-order valence-corrected chi connectivity index (χ4v) is 3.71. The van der Waals surface area contributed by atoms with Crippen molar-refractivity contribution in [2.75, 3.05) is 0 Å². The van der Waals surface area contributed by atoms with Gasteiger partial charge in [0.1, 0.15) is 5.82 Å². The lowest BCUT2D eigenvalue weighted by molar-refractivity contribution is 0.491. The molecule has 0 N–H and O–H groups in total. The molecular formula is C23H22ClFN4O2. The normalized spacial score (nSPS) is 11.5. The fraction of sp³-hybridized carbons (Fsp3) is 0.261. The maximum absolute atomic E-state index is 13.5. The molecule has 0 saturated heterocycles. The first-order valence-corrected chi connectivity index (χ1v) is 10.4. The smallest absolute Gasteiger partial charge is 0.320 e. The third-order valence-corrected chi connectivity index (χ3v) is 5.58. The summed E-state index contributed by atoms with van der Waals surface area (Å²) in [6, 6.07) is 12.9. The summed E-state index contributed by atoms with van der Waals surface area (Å²) in [7, 11) is 0. The molecular weight excluding hydrogens is 419 g/mol. The molecule has 6 nitrogen and oxygen atoms in total. The van der Waals surface area contributed by atoms with Gasteiger partial charge in [-0.3, -0.25) is 9.36 Å². The van der Waals surface area contributed by atoms with Crippen molar-refractivity contribution < 1.29 is 4.39 Å². The van der Waals surface area contributed by atoms with Gasteiger partial charge in [-0.25, -0.2) is 18.7 Å². The second-order valence-electron chi connectivity index (χ2n) is 7.87. The number of nitrogens with zero attached hydrogens (tertiary/aromatic N) is 4. The average Bonchev–Trinajstić information content (AvgIpc) is 3.14. The molecule has 0 aliphatic carbocycles. The molecule has 8 heteroatoms. The van der Waals surface area contributed by atoms with E-state index in [0.717, 1.165) is 5.56 Å². The Kier molecular flexibility index (Phi) is 5.78. The molecule has 0 aliphatic rings. The lowest BCUT2D eigenvalue weighted by Gasteiger charge is -2.14. The Hall–Kier alpha value is -3.19. The molecule has 160 valence electrons. The van der Waals surface area contributed by atoms with Crippen molar-refractivity contribution in [3.8, 4) is 5.69 Å². The first kappa shape index (κ1) is 21.1. The van der Waals surface area contributed by atoms with Crippen LogP contribution < -0.4 is 11.2 Å². The highest BCUT2D eigenvalue weighted by molar-refractivity contribution is 6.31. The summed E-state index contributed by atoms with van der Waals surface area (Å²) in [5.74, 6) is -0.0975. The van der Waals surface area contributed by atoms with Crippen molar-refractivity contribution in [3.63, 3.8) is 0 Å². The van der Waals surface area contributed by atoms with Gasteiger partial charge in [0.25, 0.3) is 5.56 Å². The average molecular weight is 441 g/mol. The van der Waals surface area contributed by atoms with Gasteiger partial charge in [-0.05, 0) is 48.2 Å². The number of rotatable bonds is 6. The van der Waals surface area contributed by atoms with Crippen molar-refractivity contribution in [2.45, 2.75) is 33.4 Å². The summed E-state index contributed by atoms with van der Waals surface area (Å²) >= 11 is 6.31. The monoisotopic (exact) mass is 440 g/mol. The molecule has 4 aromatic rings. The van der Waals surface area contributed by atoms with Gasteiger partial charge < -0.3 is 4.57 Å². The second-order valence-corrected chi connectivity index (χ2v) is 8.28. The highest BCUT2D eigenvalue weighted by Gasteiger charge is 2.20. The Bertz CT molecular complexity index is 1350. The topological polar surface area (TPSA) is 61.8 Å². The van der Waals surface area contributed by atoms with Crippen LogP contribution >= 0.6 is 11.6 Å². The number of imidazole rings is 1. The van der Waals surface area contributed by atoms with Crippen LogP contribution in [-0.4, -0.2) is 18.7 Å². The summed E-state index contributed by atoms with van der Waals surface area (Å²) in [4.78, 5) is 31.0. The molecule has 0 radical (unpaired) electrons. The van der Waals surface area contributed by atoms with Crippen LogP contribution in [0, 0.1) is 11.7 Å². The Morgan fingerprint density at radius 2 is 1.77 bits per heavy atom. The van der Waals surface area contributed by atoms with E-state index in [2.05, 4.69) is 4.98 Å². The zero-order valence-corrected chi connectivity index (χ0v) is 18.0. The maximum atomic E-state index is 13.5. The van der Waals surface area contributed by atoms with Crippen LogP contribution in [0.15, 0.2) is 64.4 Å². The molecule has 0 fully saturated rings. The molecule has 2 heterocycles. The second kappa shape index (κ2) is 8.51. The van der Waals surface area contributed by atoms with Crippen molar-refractivity contribution in [1.82, 2.24) is 18.7 Å². The third kappa shape index (κ3) is 4.05. The molecule has 0 saturated carbocycles. The van der Waals surface area contributed by atoms with E-state index >= 15 is 0 Å². The molecule has 4 rings (SSSR count). The highest BCUT2D eigenvalue weighted by atomic mass is 35.5. The van der Waals surface area contributed by atoms with E-state index in [9.17, 15) is 14.0 Å². The van der Waals surface area contributed by atoms with Gasteiger partial charge in [0.05, 0.1) is 18.6 Å². The van der Waals surface area contributed by atoms with E-state index in [-0.39, 0.29) is 12.2 Å². The lowest BCUT2D eigenvalue weighted by Crippen LogP contribution is -2.40. The SMILES string of the molecule is CC(C)CCn1c(=O)c2c(ncn2Cc2ccccc2Cl)n(-c2ccc(F)cc2)c1=O. The van der Waals surface area contributed by atoms with Gasteiger partial charge >= 0.3 is 5.69 Å². The third-order valence-electron chi connectivity index (χ3n) is 5.21. The summed E-state index contributed by atoms with van der Waals surface area (Å²) in [5, 5.41) is 0.580. The Morgan fingerprint density at radius 3 is 2.45 bits per heavy atom. The summed E-state index contributed by atoms with van der Waals surface area (Å²) in [6.07, 6.45) is 2.20. The van der Waals surface area contributed by atoms with Crippen LogP contribution in [0.1, 0.15) is 25.8 Å². The zero-order chi connectivity index (χ0) is 22.1. The number of aromatic nitrogens is 4. The van der Waals surface area contributed by atoms with Gasteiger partial charge in [-0.1, -0.05) is 43.6 Å². The van der Waals surface area contributed by atoms with Crippen molar-refractivity contribution in [2.24, 2.45) is 5.92 Å². The van der Waals surface area contributed by atoms with E-state index in [4.69, 9.17) is 11.6 Å². The summed E-state index contributed by atoms with van der Waals surface area (Å²) < 4.78 is 17.8. The van der Waals surface area contributed by atoms with Crippen LogP contribution in [0.4, 0.5) is 4.39 Å². The van der Waals surface area contributed by atoms with Crippen LogP contribution in [0.2, 0.25) is 5.02 Å². The quantitative estimate of drug-likeness (QED) is 0.450. The standard InChI is InChI=1S/C23H22ClFN4O2/c1-15(2)11-12-28-22(30)20-21(29(23(28)31)18-9-7-17(25)8-10-18)26-14-27(20)13-16-5-3-4-6-19(16)24/h3-10,14-15H,11-13H2,1-2H3. The predicted octanol–water partition coefficient (Wildman–Crippen LogP) is 4.24. The van der Waals surface area contributed by atoms with E-state index < -0.39 is 17.1 Å². The maximum Gasteiger partial charge on any atom is 0.337 e. The molecule has 0 amide bonds. The molecule has 0 atom stereocenters. The minimum absolute atomic E-state index is 0.231. The largest absolute Gasteiger partial charge is 0.337 e. The molecule has 0 spiro atoms. The fourth-order valence-electron chi connectivity index (χ4n) is 3.52. The summed E-state index contributed by atoms with van der Waals surface area (Å²) in [5.41, 5.74) is 0.909. The molecule has 0 bridgehead atoms. The number of hydrogen-bond donors (Lipinski definition) is 0. The van der Waals surface area contributed by atoms with Gasteiger partial charge in [0, 0.05) is 11.6 Å². The van der Waals surface area contributed by atoms with E-state index in [1.807, 2.05) is 32.0 Å². The molecule has 0 aliphatic heterocycles. The van der Waals surface area contributed by atoms with Crippen LogP contribution in [0.3, 0.4) is 0 Å². The van der Waals surface area contributed by atoms with Crippen molar-refractivity contribution in [1.29, 1.82) is 0 Å². The van der Waals surface area contributed by atoms with Gasteiger partial charge in [-0.15, -0.1) is 0 Å². The lowest BCUT2D eigenvalue weighted by atomic mass is 10.1. The number of hydrogen-bond acceptors (Lipinski definition) is 3. The van der Waals surface area contributed by atoms with Gasteiger partial charge in [-0.2, -0.15) is 0 Å². The van der Waals surface area contributed by atoms with Crippen LogP contribution in [0.25, 0.3) is 16.9 Å². The van der Waals surface area contributed by atoms with Gasteiger partial charge in [0.15, 0.2) is 11.2 Å². The highest BCUT2D eigenvalue weighted by Crippen LogP contribution is 2.19. The van der Waals surface area contributed by atoms with Gasteiger partial charge in [0.2, 0.25) is 0 Å². The first-order valence-electron chi connectivity index (χ1n) is 10.1. The zero-order valence-electron chi connectivity index (χ0n) is 17.3. The minimum Gasteiger partial charge on any atom is -0.320 e. The molecule has 31 heavy (non-hydrogen) atoms. The van der Waals surface area contributed by atoms with Crippen LogP contribution in [0.5, 0.6) is 0 Å². The van der Waals surface area contributed by atoms with E-state index in [1.165, 1.54) is 39.7 Å². The molecule has 2 aromatic carbocycles. The van der Waals surface area contributed by atoms with E-state index in [1.54, 1.807) is 10.6 Å².